The SMILES string of the molecule is OC(CCN1CCN(C2CC2)CC1)c1ccc(Br)cc1Cl. The lowest BCUT2D eigenvalue weighted by Crippen LogP contribution is -2.47. The van der Waals surface area contributed by atoms with Crippen LogP contribution in [0, 0.1) is 0 Å². The van der Waals surface area contributed by atoms with E-state index in [4.69, 9.17) is 11.6 Å². The van der Waals surface area contributed by atoms with Gasteiger partial charge in [-0.25, -0.2) is 0 Å². The molecular formula is C16H22BrClN2O. The first kappa shape index (κ1) is 15.8. The Bertz CT molecular complexity index is 487. The Morgan fingerprint density at radius 2 is 1.95 bits per heavy atom. The van der Waals surface area contributed by atoms with E-state index in [2.05, 4.69) is 25.7 Å². The molecule has 1 atom stereocenters. The summed E-state index contributed by atoms with van der Waals surface area (Å²) in [6, 6.07) is 6.55. The largest absolute Gasteiger partial charge is 0.388 e. The zero-order valence-corrected chi connectivity index (χ0v) is 14.5. The maximum Gasteiger partial charge on any atom is 0.0816 e. The lowest BCUT2D eigenvalue weighted by atomic mass is 10.1. The molecule has 21 heavy (non-hydrogen) atoms. The summed E-state index contributed by atoms with van der Waals surface area (Å²) in [6.07, 6.45) is 3.04. The monoisotopic (exact) mass is 372 g/mol. The van der Waals surface area contributed by atoms with Gasteiger partial charge in [-0.15, -0.1) is 0 Å². The molecule has 0 spiro atoms. The number of aliphatic hydroxyl groups is 1. The van der Waals surface area contributed by atoms with Gasteiger partial charge in [-0.3, -0.25) is 4.90 Å². The van der Waals surface area contributed by atoms with Crippen LogP contribution in [0.25, 0.3) is 0 Å². The van der Waals surface area contributed by atoms with Crippen molar-refractivity contribution in [2.24, 2.45) is 0 Å². The van der Waals surface area contributed by atoms with E-state index in [0.717, 1.165) is 42.1 Å². The van der Waals surface area contributed by atoms with E-state index >= 15 is 0 Å². The van der Waals surface area contributed by atoms with Crippen LogP contribution in [-0.4, -0.2) is 53.7 Å². The van der Waals surface area contributed by atoms with Crippen LogP contribution < -0.4 is 0 Å². The first-order valence-electron chi connectivity index (χ1n) is 7.73. The third kappa shape index (κ3) is 4.20. The van der Waals surface area contributed by atoms with E-state index in [9.17, 15) is 5.11 Å². The van der Waals surface area contributed by atoms with Crippen molar-refractivity contribution in [1.29, 1.82) is 0 Å². The first-order valence-corrected chi connectivity index (χ1v) is 8.90. The maximum absolute atomic E-state index is 10.3. The molecule has 1 aliphatic carbocycles. The molecule has 1 aliphatic heterocycles. The number of halogens is 2. The highest BCUT2D eigenvalue weighted by molar-refractivity contribution is 9.10. The van der Waals surface area contributed by atoms with Crippen molar-refractivity contribution >= 4 is 27.5 Å². The zero-order chi connectivity index (χ0) is 14.8. The number of hydrogen-bond donors (Lipinski definition) is 1. The Morgan fingerprint density at radius 1 is 1.24 bits per heavy atom. The summed E-state index contributed by atoms with van der Waals surface area (Å²) in [4.78, 5) is 5.06. The van der Waals surface area contributed by atoms with Crippen molar-refractivity contribution in [2.45, 2.75) is 31.4 Å². The summed E-state index contributed by atoms with van der Waals surface area (Å²) in [5.41, 5.74) is 0.830. The summed E-state index contributed by atoms with van der Waals surface area (Å²) in [5, 5.41) is 11.0. The lowest BCUT2D eigenvalue weighted by molar-refractivity contribution is 0.0991. The van der Waals surface area contributed by atoms with Crippen LogP contribution in [0.1, 0.15) is 30.9 Å². The van der Waals surface area contributed by atoms with Crippen LogP contribution >= 0.6 is 27.5 Å². The number of benzene rings is 1. The summed E-state index contributed by atoms with van der Waals surface area (Å²) in [6.45, 7) is 5.54. The van der Waals surface area contributed by atoms with Crippen LogP contribution in [0.4, 0.5) is 0 Å². The molecular weight excluding hydrogens is 352 g/mol. The average Bonchev–Trinajstić information content (AvgIpc) is 3.30. The van der Waals surface area contributed by atoms with Crippen molar-refractivity contribution in [3.05, 3.63) is 33.3 Å². The Hall–Kier alpha value is -0.130. The van der Waals surface area contributed by atoms with Crippen LogP contribution in [0.3, 0.4) is 0 Å². The van der Waals surface area contributed by atoms with Crippen molar-refractivity contribution < 1.29 is 5.11 Å². The molecule has 0 aromatic heterocycles. The Kier molecular flexibility index (Phi) is 5.23. The van der Waals surface area contributed by atoms with Gasteiger partial charge in [-0.05, 0) is 37.0 Å². The molecule has 116 valence electrons. The van der Waals surface area contributed by atoms with E-state index in [1.54, 1.807) is 0 Å². The number of piperazine rings is 1. The molecule has 3 rings (SSSR count). The molecule has 2 fully saturated rings. The van der Waals surface area contributed by atoms with Gasteiger partial charge in [0, 0.05) is 48.3 Å². The molecule has 1 unspecified atom stereocenters. The van der Waals surface area contributed by atoms with Crippen LogP contribution in [-0.2, 0) is 0 Å². The molecule has 5 heteroatoms. The molecule has 1 saturated carbocycles. The first-order chi connectivity index (χ1) is 10.1. The Morgan fingerprint density at radius 3 is 2.57 bits per heavy atom. The van der Waals surface area contributed by atoms with Gasteiger partial charge in [-0.1, -0.05) is 33.6 Å². The second-order valence-electron chi connectivity index (χ2n) is 6.08. The normalized spacial score (nSPS) is 22.4. The Labute approximate surface area is 140 Å². The highest BCUT2D eigenvalue weighted by Crippen LogP contribution is 2.29. The molecule has 1 heterocycles. The van der Waals surface area contributed by atoms with E-state index in [1.807, 2.05) is 18.2 Å². The number of rotatable bonds is 5. The summed E-state index contributed by atoms with van der Waals surface area (Å²) in [7, 11) is 0. The Balaban J connectivity index is 1.46. The second-order valence-corrected chi connectivity index (χ2v) is 7.40. The predicted octanol–water partition coefficient (Wildman–Crippen LogP) is 3.31. The fourth-order valence-electron chi connectivity index (χ4n) is 3.02. The lowest BCUT2D eigenvalue weighted by Gasteiger charge is -2.35. The van der Waals surface area contributed by atoms with Gasteiger partial charge in [0.1, 0.15) is 0 Å². The third-order valence-electron chi connectivity index (χ3n) is 4.51. The zero-order valence-electron chi connectivity index (χ0n) is 12.1. The van der Waals surface area contributed by atoms with Gasteiger partial charge in [0.2, 0.25) is 0 Å². The van der Waals surface area contributed by atoms with E-state index < -0.39 is 6.10 Å². The van der Waals surface area contributed by atoms with Crippen LogP contribution in [0.2, 0.25) is 5.02 Å². The molecule has 0 amide bonds. The van der Waals surface area contributed by atoms with Gasteiger partial charge in [0.05, 0.1) is 6.10 Å². The van der Waals surface area contributed by atoms with Gasteiger partial charge in [0.15, 0.2) is 0 Å². The van der Waals surface area contributed by atoms with Crippen LogP contribution in [0.15, 0.2) is 22.7 Å². The molecule has 1 saturated heterocycles. The van der Waals surface area contributed by atoms with Crippen molar-refractivity contribution in [3.8, 4) is 0 Å². The topological polar surface area (TPSA) is 26.7 Å². The minimum atomic E-state index is -0.480. The number of hydrogen-bond acceptors (Lipinski definition) is 3. The fraction of sp³-hybridized carbons (Fsp3) is 0.625. The molecule has 0 bridgehead atoms. The maximum atomic E-state index is 10.3. The minimum Gasteiger partial charge on any atom is -0.388 e. The van der Waals surface area contributed by atoms with Gasteiger partial charge >= 0.3 is 0 Å². The average molecular weight is 374 g/mol. The third-order valence-corrected chi connectivity index (χ3v) is 5.33. The van der Waals surface area contributed by atoms with Gasteiger partial charge < -0.3 is 10.0 Å². The van der Waals surface area contributed by atoms with Crippen LogP contribution in [0.5, 0.6) is 0 Å². The smallest absolute Gasteiger partial charge is 0.0816 e. The predicted molar refractivity (Wildman–Crippen MR) is 89.8 cm³/mol. The van der Waals surface area contributed by atoms with Gasteiger partial charge in [0.25, 0.3) is 0 Å². The summed E-state index contributed by atoms with van der Waals surface area (Å²) < 4.78 is 0.944. The number of nitrogens with zero attached hydrogens (tertiary/aromatic N) is 2. The standard InChI is InChI=1S/C16H22BrClN2O/c17-12-1-4-14(15(18)11-12)16(21)5-6-19-7-9-20(10-8-19)13-2-3-13/h1,4,11,13,16,21H,2-3,5-10H2. The van der Waals surface area contributed by atoms with E-state index in [0.29, 0.717) is 5.02 Å². The van der Waals surface area contributed by atoms with Crippen molar-refractivity contribution in [1.82, 2.24) is 9.80 Å². The molecule has 2 aliphatic rings. The highest BCUT2D eigenvalue weighted by atomic mass is 79.9. The fourth-order valence-corrected chi connectivity index (χ4v) is 3.82. The summed E-state index contributed by atoms with van der Waals surface area (Å²) >= 11 is 9.59. The molecule has 0 radical (unpaired) electrons. The molecule has 3 nitrogen and oxygen atoms in total. The summed E-state index contributed by atoms with van der Waals surface area (Å²) in [5.74, 6) is 0. The highest BCUT2D eigenvalue weighted by Gasteiger charge is 2.31. The number of aliphatic hydroxyl groups excluding tert-OH is 1. The van der Waals surface area contributed by atoms with E-state index in [1.165, 1.54) is 25.9 Å². The quantitative estimate of drug-likeness (QED) is 0.858. The molecule has 1 aromatic carbocycles. The van der Waals surface area contributed by atoms with Crippen molar-refractivity contribution in [3.63, 3.8) is 0 Å². The second kappa shape index (κ2) is 6.97. The van der Waals surface area contributed by atoms with Crippen molar-refractivity contribution in [2.75, 3.05) is 32.7 Å². The minimum absolute atomic E-state index is 0.480. The van der Waals surface area contributed by atoms with Gasteiger partial charge in [-0.2, -0.15) is 0 Å². The van der Waals surface area contributed by atoms with E-state index in [-0.39, 0.29) is 0 Å². The molecule has 1 aromatic rings. The molecule has 1 N–H and O–H groups in total.